The first-order chi connectivity index (χ1) is 9.38. The summed E-state index contributed by atoms with van der Waals surface area (Å²) in [7, 11) is 0. The third kappa shape index (κ3) is 6.06. The zero-order valence-electron chi connectivity index (χ0n) is 12.7. The molecule has 4 heteroatoms. The van der Waals surface area contributed by atoms with Crippen LogP contribution in [0, 0.1) is 0 Å². The standard InChI is InChI=1S/C16H25NO3/c1-11(2)14-6-5-7-15(9-14)20-10-16(19)17-12(3)8-13(4)18/h5-7,9,11-13,18H,8,10H2,1-4H3,(H,17,19). The highest BCUT2D eigenvalue weighted by molar-refractivity contribution is 5.77. The van der Waals surface area contributed by atoms with Gasteiger partial charge in [0.05, 0.1) is 6.10 Å². The van der Waals surface area contributed by atoms with Crippen molar-refractivity contribution in [3.05, 3.63) is 29.8 Å². The molecule has 0 bridgehead atoms. The van der Waals surface area contributed by atoms with Crippen LogP contribution in [0.15, 0.2) is 24.3 Å². The van der Waals surface area contributed by atoms with E-state index >= 15 is 0 Å². The molecular weight excluding hydrogens is 254 g/mol. The summed E-state index contributed by atoms with van der Waals surface area (Å²) in [5.74, 6) is 0.959. The Morgan fingerprint density at radius 2 is 2.00 bits per heavy atom. The van der Waals surface area contributed by atoms with Gasteiger partial charge in [0, 0.05) is 6.04 Å². The molecule has 0 aliphatic heterocycles. The molecule has 0 aromatic heterocycles. The van der Waals surface area contributed by atoms with E-state index in [0.717, 1.165) is 0 Å². The fourth-order valence-corrected chi connectivity index (χ4v) is 2.00. The number of carbonyl (C=O) groups excluding carboxylic acids is 1. The largest absolute Gasteiger partial charge is 0.484 e. The van der Waals surface area contributed by atoms with Crippen LogP contribution in [-0.4, -0.2) is 29.8 Å². The molecule has 0 radical (unpaired) electrons. The molecule has 0 aliphatic carbocycles. The van der Waals surface area contributed by atoms with Gasteiger partial charge in [-0.2, -0.15) is 0 Å². The second-order valence-electron chi connectivity index (χ2n) is 5.57. The van der Waals surface area contributed by atoms with Crippen LogP contribution in [-0.2, 0) is 4.79 Å². The molecule has 1 aromatic carbocycles. The fraction of sp³-hybridized carbons (Fsp3) is 0.562. The van der Waals surface area contributed by atoms with E-state index in [0.29, 0.717) is 18.1 Å². The molecule has 2 unspecified atom stereocenters. The molecule has 0 spiro atoms. The van der Waals surface area contributed by atoms with Gasteiger partial charge in [0.2, 0.25) is 0 Å². The fourth-order valence-electron chi connectivity index (χ4n) is 2.00. The van der Waals surface area contributed by atoms with Gasteiger partial charge < -0.3 is 15.2 Å². The number of carbonyl (C=O) groups is 1. The number of hydrogen-bond donors (Lipinski definition) is 2. The lowest BCUT2D eigenvalue weighted by molar-refractivity contribution is -0.123. The van der Waals surface area contributed by atoms with Crippen LogP contribution in [0.5, 0.6) is 5.75 Å². The number of ether oxygens (including phenoxy) is 1. The van der Waals surface area contributed by atoms with Crippen LogP contribution in [0.25, 0.3) is 0 Å². The van der Waals surface area contributed by atoms with E-state index in [-0.39, 0.29) is 18.6 Å². The van der Waals surface area contributed by atoms with Crippen molar-refractivity contribution < 1.29 is 14.6 Å². The van der Waals surface area contributed by atoms with Crippen molar-refractivity contribution in [3.63, 3.8) is 0 Å². The molecule has 0 aliphatic rings. The summed E-state index contributed by atoms with van der Waals surface area (Å²) in [6.45, 7) is 7.79. The van der Waals surface area contributed by atoms with E-state index in [1.54, 1.807) is 6.92 Å². The zero-order chi connectivity index (χ0) is 15.1. The van der Waals surface area contributed by atoms with Gasteiger partial charge in [-0.1, -0.05) is 26.0 Å². The van der Waals surface area contributed by atoms with E-state index < -0.39 is 6.10 Å². The molecule has 1 rings (SSSR count). The average molecular weight is 279 g/mol. The third-order valence-electron chi connectivity index (χ3n) is 3.00. The van der Waals surface area contributed by atoms with Crippen LogP contribution >= 0.6 is 0 Å². The number of amides is 1. The monoisotopic (exact) mass is 279 g/mol. The van der Waals surface area contributed by atoms with Crippen molar-refractivity contribution in [2.75, 3.05) is 6.61 Å². The van der Waals surface area contributed by atoms with Crippen LogP contribution in [0.4, 0.5) is 0 Å². The molecule has 20 heavy (non-hydrogen) atoms. The zero-order valence-corrected chi connectivity index (χ0v) is 12.7. The SMILES string of the molecule is CC(O)CC(C)NC(=O)COc1cccc(C(C)C)c1. The van der Waals surface area contributed by atoms with Crippen LogP contribution < -0.4 is 10.1 Å². The van der Waals surface area contributed by atoms with Crippen LogP contribution in [0.2, 0.25) is 0 Å². The highest BCUT2D eigenvalue weighted by Crippen LogP contribution is 2.19. The number of rotatable bonds is 7. The highest BCUT2D eigenvalue weighted by Gasteiger charge is 2.10. The Morgan fingerprint density at radius 1 is 1.30 bits per heavy atom. The molecule has 1 amide bonds. The lowest BCUT2D eigenvalue weighted by Crippen LogP contribution is -2.37. The Bertz CT molecular complexity index is 429. The maximum atomic E-state index is 11.7. The lowest BCUT2D eigenvalue weighted by Gasteiger charge is -2.16. The third-order valence-corrected chi connectivity index (χ3v) is 3.00. The predicted molar refractivity (Wildman–Crippen MR) is 79.9 cm³/mol. The minimum atomic E-state index is -0.422. The number of benzene rings is 1. The molecule has 112 valence electrons. The number of hydrogen-bond acceptors (Lipinski definition) is 3. The molecule has 1 aromatic rings. The molecular formula is C16H25NO3. The Hall–Kier alpha value is -1.55. The Morgan fingerprint density at radius 3 is 2.60 bits per heavy atom. The van der Waals surface area contributed by atoms with Crippen molar-refractivity contribution in [3.8, 4) is 5.75 Å². The quantitative estimate of drug-likeness (QED) is 0.806. The van der Waals surface area contributed by atoms with E-state index in [2.05, 4.69) is 19.2 Å². The number of nitrogens with one attached hydrogen (secondary N) is 1. The second-order valence-corrected chi connectivity index (χ2v) is 5.57. The van der Waals surface area contributed by atoms with Crippen LogP contribution in [0.1, 0.15) is 45.6 Å². The van der Waals surface area contributed by atoms with Gasteiger partial charge in [0.15, 0.2) is 6.61 Å². The summed E-state index contributed by atoms with van der Waals surface area (Å²) in [5.41, 5.74) is 1.19. The summed E-state index contributed by atoms with van der Waals surface area (Å²) in [4.78, 5) is 11.7. The topological polar surface area (TPSA) is 58.6 Å². The summed E-state index contributed by atoms with van der Waals surface area (Å²) < 4.78 is 5.49. The molecule has 0 heterocycles. The van der Waals surface area contributed by atoms with Crippen molar-refractivity contribution in [2.45, 2.75) is 52.2 Å². The second kappa shape index (κ2) is 7.90. The van der Waals surface area contributed by atoms with Gasteiger partial charge in [0.1, 0.15) is 5.75 Å². The summed E-state index contributed by atoms with van der Waals surface area (Å²) >= 11 is 0. The molecule has 0 saturated carbocycles. The van der Waals surface area contributed by atoms with Crippen molar-refractivity contribution in [2.24, 2.45) is 0 Å². The maximum Gasteiger partial charge on any atom is 0.258 e. The first-order valence-corrected chi connectivity index (χ1v) is 7.08. The molecule has 0 fully saturated rings. The number of aliphatic hydroxyl groups excluding tert-OH is 1. The van der Waals surface area contributed by atoms with E-state index in [4.69, 9.17) is 4.74 Å². The summed E-state index contributed by atoms with van der Waals surface area (Å²) in [6, 6.07) is 7.71. The van der Waals surface area contributed by atoms with E-state index in [9.17, 15) is 9.90 Å². The first kappa shape index (κ1) is 16.5. The predicted octanol–water partition coefficient (Wildman–Crippen LogP) is 2.46. The summed E-state index contributed by atoms with van der Waals surface area (Å²) in [5, 5.41) is 12.0. The van der Waals surface area contributed by atoms with E-state index in [1.165, 1.54) is 5.56 Å². The lowest BCUT2D eigenvalue weighted by atomic mass is 10.0. The van der Waals surface area contributed by atoms with Gasteiger partial charge in [-0.3, -0.25) is 4.79 Å². The van der Waals surface area contributed by atoms with Gasteiger partial charge in [0.25, 0.3) is 5.91 Å². The molecule has 4 nitrogen and oxygen atoms in total. The van der Waals surface area contributed by atoms with Gasteiger partial charge in [-0.15, -0.1) is 0 Å². The maximum absolute atomic E-state index is 11.7. The minimum absolute atomic E-state index is 0.00824. The number of aliphatic hydroxyl groups is 1. The Balaban J connectivity index is 2.43. The average Bonchev–Trinajstić information content (AvgIpc) is 2.35. The summed E-state index contributed by atoms with van der Waals surface area (Å²) in [6.07, 6.45) is 0.114. The molecule has 2 N–H and O–H groups in total. The Labute approximate surface area is 121 Å². The Kier molecular flexibility index (Phi) is 6.52. The smallest absolute Gasteiger partial charge is 0.258 e. The van der Waals surface area contributed by atoms with Crippen molar-refractivity contribution in [1.82, 2.24) is 5.32 Å². The van der Waals surface area contributed by atoms with Gasteiger partial charge >= 0.3 is 0 Å². The normalized spacial score (nSPS) is 13.9. The molecule has 2 atom stereocenters. The van der Waals surface area contributed by atoms with Gasteiger partial charge in [-0.25, -0.2) is 0 Å². The van der Waals surface area contributed by atoms with Crippen LogP contribution in [0.3, 0.4) is 0 Å². The van der Waals surface area contributed by atoms with Gasteiger partial charge in [-0.05, 0) is 43.9 Å². The van der Waals surface area contributed by atoms with Crippen molar-refractivity contribution in [1.29, 1.82) is 0 Å². The molecule has 0 saturated heterocycles. The highest BCUT2D eigenvalue weighted by atomic mass is 16.5. The first-order valence-electron chi connectivity index (χ1n) is 7.08. The minimum Gasteiger partial charge on any atom is -0.484 e. The van der Waals surface area contributed by atoms with E-state index in [1.807, 2.05) is 31.2 Å². The van der Waals surface area contributed by atoms with Crippen molar-refractivity contribution >= 4 is 5.91 Å².